The molecule has 1 heterocycles. The third-order valence-electron chi connectivity index (χ3n) is 9.52. The van der Waals surface area contributed by atoms with E-state index in [4.69, 9.17) is 16.2 Å². The number of hydrogen-bond acceptors (Lipinski definition) is 12. The first-order chi connectivity index (χ1) is 30.6. The molecule has 1 aliphatic heterocycles. The second-order valence-corrected chi connectivity index (χ2v) is 15.3. The molecule has 22 nitrogen and oxygen atoms in total. The first kappa shape index (κ1) is 54.6. The van der Waals surface area contributed by atoms with Crippen LogP contribution in [0.2, 0.25) is 0 Å². The molecule has 0 bridgehead atoms. The molecule has 0 radical (unpaired) electrons. The van der Waals surface area contributed by atoms with E-state index >= 15 is 0 Å². The number of benzene rings is 1. The van der Waals surface area contributed by atoms with Crippen LogP contribution in [0.5, 0.6) is 5.75 Å². The topological polar surface area (TPSA) is 344 Å². The molecule has 0 saturated carbocycles. The molecule has 1 fully saturated rings. The lowest BCUT2D eigenvalue weighted by atomic mass is 9.99. The highest BCUT2D eigenvalue weighted by atomic mass is 19.4. The number of carboxylic acid groups (broad SMARTS) is 1. The molecule has 8 amide bonds. The molecule has 5 atom stereocenters. The van der Waals surface area contributed by atoms with E-state index < -0.39 is 103 Å². The lowest BCUT2D eigenvalue weighted by Crippen LogP contribution is -2.59. The summed E-state index contributed by atoms with van der Waals surface area (Å²) in [5.41, 5.74) is 11.7. The number of unbranched alkanes of at least 4 members (excludes halogenated alkanes) is 1. The van der Waals surface area contributed by atoms with Gasteiger partial charge in [-0.05, 0) is 55.7 Å². The van der Waals surface area contributed by atoms with Crippen molar-refractivity contribution >= 4 is 59.2 Å². The van der Waals surface area contributed by atoms with Crippen molar-refractivity contribution in [3.63, 3.8) is 0 Å². The summed E-state index contributed by atoms with van der Waals surface area (Å²) in [4.78, 5) is 118. The van der Waals surface area contributed by atoms with Crippen LogP contribution in [0, 0.1) is 5.92 Å². The standard InChI is InChI=1S/C40H60F3N11O11/c1-4-5-15-47-33(59)25(44)13-14-29(55)46-17-7-18-65-24-11-9-23(10-12-24)19-27-36(62)53-32(22(2)3)37(63)51-26(8-6-16-48-39(45)54-38(64)40(41,42)43)34(60)49-21-30(56)50-28(20-31(57)58)35(61)52-27/h9-12,22,25-28,32H,4-8,13-21,44H2,1-3H3,(H,46,55)(H,47,59)(H,49,60)(H,50,56)(H,51,63)(H,52,61)(H,53,62)(H,57,58)(H3,45,48,54,64)/t25-,26-,27+,28-,32-/m0/s1. The fourth-order valence-electron chi connectivity index (χ4n) is 5.92. The number of aliphatic imine (C=N–C) groups is 1. The Bertz CT molecular complexity index is 1850. The second-order valence-electron chi connectivity index (χ2n) is 15.3. The van der Waals surface area contributed by atoms with E-state index in [0.717, 1.165) is 12.8 Å². The minimum Gasteiger partial charge on any atom is -0.494 e. The Labute approximate surface area is 373 Å². The molecule has 1 saturated heterocycles. The number of carbonyl (C=O) groups is 9. The highest BCUT2D eigenvalue weighted by molar-refractivity contribution is 5.99. The van der Waals surface area contributed by atoms with E-state index in [0.29, 0.717) is 30.8 Å². The zero-order valence-electron chi connectivity index (χ0n) is 36.4. The average molecular weight is 928 g/mol. The second kappa shape index (κ2) is 27.6. The molecule has 25 heteroatoms. The average Bonchev–Trinajstić information content (AvgIpc) is 3.23. The summed E-state index contributed by atoms with van der Waals surface area (Å²) in [5, 5.41) is 28.4. The van der Waals surface area contributed by atoms with Gasteiger partial charge in [0.2, 0.25) is 41.4 Å². The smallest absolute Gasteiger partial charge is 0.471 e. The number of aliphatic carboxylic acids is 1. The van der Waals surface area contributed by atoms with E-state index in [1.54, 1.807) is 38.1 Å². The molecule has 65 heavy (non-hydrogen) atoms. The molecule has 362 valence electrons. The molecule has 1 aromatic carbocycles. The van der Waals surface area contributed by atoms with E-state index in [1.807, 2.05) is 6.92 Å². The maximum absolute atomic E-state index is 13.9. The van der Waals surface area contributed by atoms with Gasteiger partial charge in [-0.1, -0.05) is 39.3 Å². The van der Waals surface area contributed by atoms with Crippen LogP contribution >= 0.6 is 0 Å². The number of alkyl halides is 3. The molecule has 13 N–H and O–H groups in total. The van der Waals surface area contributed by atoms with Crippen LogP contribution in [0.25, 0.3) is 0 Å². The van der Waals surface area contributed by atoms with Crippen molar-refractivity contribution in [3.8, 4) is 5.75 Å². The highest BCUT2D eigenvalue weighted by Crippen LogP contribution is 2.16. The maximum atomic E-state index is 13.9. The van der Waals surface area contributed by atoms with Crippen LogP contribution < -0.4 is 58.7 Å². The Morgan fingerprint density at radius 3 is 2.15 bits per heavy atom. The quantitative estimate of drug-likeness (QED) is 0.0366. The van der Waals surface area contributed by atoms with Crippen molar-refractivity contribution in [1.82, 2.24) is 42.5 Å². The van der Waals surface area contributed by atoms with Crippen LogP contribution in [0.4, 0.5) is 13.2 Å². The Morgan fingerprint density at radius 1 is 0.877 bits per heavy atom. The fourth-order valence-corrected chi connectivity index (χ4v) is 5.92. The van der Waals surface area contributed by atoms with E-state index in [2.05, 4.69) is 42.2 Å². The van der Waals surface area contributed by atoms with Gasteiger partial charge in [0.05, 0.1) is 25.6 Å². The minimum absolute atomic E-state index is 0.0733. The largest absolute Gasteiger partial charge is 0.494 e. The third-order valence-corrected chi connectivity index (χ3v) is 9.52. The Morgan fingerprint density at radius 2 is 1.52 bits per heavy atom. The van der Waals surface area contributed by atoms with Crippen LogP contribution in [0.3, 0.4) is 0 Å². The summed E-state index contributed by atoms with van der Waals surface area (Å²) in [5.74, 6) is -10.2. The van der Waals surface area contributed by atoms with Gasteiger partial charge in [0.25, 0.3) is 0 Å². The van der Waals surface area contributed by atoms with Gasteiger partial charge >= 0.3 is 18.1 Å². The number of rotatable bonds is 21. The number of amides is 8. The van der Waals surface area contributed by atoms with E-state index in [-0.39, 0.29) is 57.1 Å². The summed E-state index contributed by atoms with van der Waals surface area (Å²) in [6.45, 7) is 5.10. The number of carboxylic acids is 1. The van der Waals surface area contributed by atoms with Gasteiger partial charge < -0.3 is 58.5 Å². The van der Waals surface area contributed by atoms with Gasteiger partial charge in [0.15, 0.2) is 5.96 Å². The summed E-state index contributed by atoms with van der Waals surface area (Å²) in [7, 11) is 0. The molecule has 0 aliphatic carbocycles. The normalized spacial score (nSPS) is 19.5. The van der Waals surface area contributed by atoms with Gasteiger partial charge in [0, 0.05) is 32.5 Å². The minimum atomic E-state index is -5.22. The Hall–Kier alpha value is -6.53. The Balaban J connectivity index is 2.17. The highest BCUT2D eigenvalue weighted by Gasteiger charge is 2.39. The summed E-state index contributed by atoms with van der Waals surface area (Å²) >= 11 is 0. The van der Waals surface area contributed by atoms with Crippen LogP contribution in [0.1, 0.15) is 77.7 Å². The lowest BCUT2D eigenvalue weighted by Gasteiger charge is -2.27. The molecule has 2 rings (SSSR count). The zero-order chi connectivity index (χ0) is 48.7. The predicted molar refractivity (Wildman–Crippen MR) is 226 cm³/mol. The summed E-state index contributed by atoms with van der Waals surface area (Å²) in [6.07, 6.45) is -4.18. The van der Waals surface area contributed by atoms with E-state index in [1.165, 1.54) is 5.32 Å². The molecular formula is C40H60F3N11O11. The molecule has 1 aliphatic rings. The number of carbonyl (C=O) groups excluding carboxylic acids is 8. The van der Waals surface area contributed by atoms with E-state index in [9.17, 15) is 61.4 Å². The van der Waals surface area contributed by atoms with Crippen molar-refractivity contribution in [2.24, 2.45) is 22.4 Å². The fraction of sp³-hybridized carbons (Fsp3) is 0.600. The number of nitrogens with one attached hydrogen (secondary N) is 8. The van der Waals surface area contributed by atoms with Crippen LogP contribution in [-0.4, -0.2) is 133 Å². The first-order valence-electron chi connectivity index (χ1n) is 21.0. The van der Waals surface area contributed by atoms with Gasteiger partial charge in [-0.2, -0.15) is 13.2 Å². The molecule has 0 unspecified atom stereocenters. The van der Waals surface area contributed by atoms with Crippen molar-refractivity contribution in [3.05, 3.63) is 29.8 Å². The monoisotopic (exact) mass is 927 g/mol. The number of guanidine groups is 1. The molecular weight excluding hydrogens is 867 g/mol. The molecule has 1 aromatic rings. The third kappa shape index (κ3) is 21.1. The molecule has 0 spiro atoms. The number of nitrogens with two attached hydrogens (primary N) is 2. The van der Waals surface area contributed by atoms with Gasteiger partial charge in [-0.25, -0.2) is 0 Å². The number of ether oxygens (including phenoxy) is 1. The van der Waals surface area contributed by atoms with Crippen LogP contribution in [-0.2, 0) is 49.6 Å². The van der Waals surface area contributed by atoms with Crippen LogP contribution in [0.15, 0.2) is 29.3 Å². The van der Waals surface area contributed by atoms with Crippen molar-refractivity contribution in [2.45, 2.75) is 115 Å². The number of nitrogens with zero attached hydrogens (tertiary/aromatic N) is 1. The van der Waals surface area contributed by atoms with Gasteiger partial charge in [-0.3, -0.25) is 53.5 Å². The summed E-state index contributed by atoms with van der Waals surface area (Å²) in [6, 6.07) is -0.292. The molecule has 0 aromatic heterocycles. The lowest BCUT2D eigenvalue weighted by molar-refractivity contribution is -0.171. The van der Waals surface area contributed by atoms with Gasteiger partial charge in [-0.15, -0.1) is 0 Å². The maximum Gasteiger partial charge on any atom is 0.471 e. The first-order valence-corrected chi connectivity index (χ1v) is 21.0. The number of hydrogen-bond donors (Lipinski definition) is 11. The zero-order valence-corrected chi connectivity index (χ0v) is 36.4. The number of halogens is 3. The van der Waals surface area contributed by atoms with Crippen molar-refractivity contribution in [2.75, 3.05) is 32.8 Å². The predicted octanol–water partition coefficient (Wildman–Crippen LogP) is -1.89. The summed E-state index contributed by atoms with van der Waals surface area (Å²) < 4.78 is 43.4. The van der Waals surface area contributed by atoms with Crippen molar-refractivity contribution < 1.29 is 66.2 Å². The van der Waals surface area contributed by atoms with Gasteiger partial charge in [0.1, 0.15) is 29.9 Å². The SMILES string of the molecule is CCCCNC(=O)[C@@H](N)CCC(=O)NCCCOc1ccc(C[C@H]2NC(=O)[C@H](CC(=O)O)NC(=O)CNC(=O)[C@H](CCCN=C(N)NC(=O)C(F)(F)F)NC(=O)[C@H](C(C)C)NC2=O)cc1. The van der Waals surface area contributed by atoms with Crippen molar-refractivity contribution in [1.29, 1.82) is 0 Å². The Kier molecular flexibility index (Phi) is 23.2.